The third kappa shape index (κ3) is 7.07. The number of halogens is 1. The Bertz CT molecular complexity index is 575. The summed E-state index contributed by atoms with van der Waals surface area (Å²) in [5, 5.41) is 6.68. The number of para-hydroxylation sites is 2. The first-order chi connectivity index (χ1) is 11.3. The number of aliphatic imine (C=N–C) groups is 1. The molecule has 0 radical (unpaired) electrons. The zero-order valence-electron chi connectivity index (χ0n) is 14.8. The molecule has 2 rings (SSSR count). The average Bonchev–Trinajstić information content (AvgIpc) is 2.97. The standard InChI is InChI=1S/C18H29N5.HI/c1-3-5-6-9-13-20-18(19-4-2)21-14-12-17-22-15-10-7-8-11-16(15)23-17;/h7-8,10-11H,3-6,9,12-14H2,1-2H3,(H,22,23)(H2,19,20,21);1H. The number of hydrogen-bond donors (Lipinski definition) is 3. The van der Waals surface area contributed by atoms with E-state index in [-0.39, 0.29) is 24.0 Å². The Morgan fingerprint density at radius 1 is 1.12 bits per heavy atom. The van der Waals surface area contributed by atoms with Crippen LogP contribution in [0.5, 0.6) is 0 Å². The van der Waals surface area contributed by atoms with Crippen LogP contribution in [0.4, 0.5) is 0 Å². The van der Waals surface area contributed by atoms with E-state index >= 15 is 0 Å². The van der Waals surface area contributed by atoms with E-state index in [0.717, 1.165) is 55.3 Å². The van der Waals surface area contributed by atoms with Gasteiger partial charge in [-0.05, 0) is 25.5 Å². The molecule has 0 aliphatic carbocycles. The van der Waals surface area contributed by atoms with Gasteiger partial charge in [-0.3, -0.25) is 4.99 Å². The fraction of sp³-hybridized carbons (Fsp3) is 0.556. The van der Waals surface area contributed by atoms with Crippen LogP contribution in [-0.4, -0.2) is 35.6 Å². The molecule has 6 heteroatoms. The van der Waals surface area contributed by atoms with Crippen molar-refractivity contribution in [1.29, 1.82) is 0 Å². The molecule has 1 aromatic carbocycles. The number of imidazole rings is 1. The minimum Gasteiger partial charge on any atom is -0.357 e. The van der Waals surface area contributed by atoms with Crippen LogP contribution in [0.1, 0.15) is 45.4 Å². The Morgan fingerprint density at radius 2 is 1.96 bits per heavy atom. The molecule has 0 aliphatic heterocycles. The minimum absolute atomic E-state index is 0. The molecule has 0 atom stereocenters. The van der Waals surface area contributed by atoms with Crippen molar-refractivity contribution < 1.29 is 0 Å². The molecule has 0 fully saturated rings. The maximum absolute atomic E-state index is 4.62. The van der Waals surface area contributed by atoms with Gasteiger partial charge in [0.2, 0.25) is 0 Å². The van der Waals surface area contributed by atoms with Gasteiger partial charge in [0.25, 0.3) is 0 Å². The van der Waals surface area contributed by atoms with Crippen molar-refractivity contribution >= 4 is 41.0 Å². The third-order valence-electron chi connectivity index (χ3n) is 3.72. The second-order valence-electron chi connectivity index (χ2n) is 5.70. The van der Waals surface area contributed by atoms with Crippen molar-refractivity contribution in [2.24, 2.45) is 4.99 Å². The number of rotatable bonds is 9. The van der Waals surface area contributed by atoms with Crippen molar-refractivity contribution in [2.75, 3.05) is 19.6 Å². The monoisotopic (exact) mass is 443 g/mol. The molecular formula is C18H30IN5. The topological polar surface area (TPSA) is 65.1 Å². The second-order valence-corrected chi connectivity index (χ2v) is 5.70. The van der Waals surface area contributed by atoms with Crippen LogP contribution in [0.2, 0.25) is 0 Å². The summed E-state index contributed by atoms with van der Waals surface area (Å²) >= 11 is 0. The zero-order chi connectivity index (χ0) is 16.3. The molecule has 0 saturated heterocycles. The molecule has 2 aromatic rings. The maximum Gasteiger partial charge on any atom is 0.191 e. The van der Waals surface area contributed by atoms with Crippen molar-refractivity contribution in [3.05, 3.63) is 30.1 Å². The number of H-pyrrole nitrogens is 1. The maximum atomic E-state index is 4.62. The lowest BCUT2D eigenvalue weighted by Gasteiger charge is -2.10. The van der Waals surface area contributed by atoms with Crippen LogP contribution >= 0.6 is 24.0 Å². The van der Waals surface area contributed by atoms with Crippen LogP contribution in [0.15, 0.2) is 29.3 Å². The summed E-state index contributed by atoms with van der Waals surface area (Å²) in [5.41, 5.74) is 2.12. The summed E-state index contributed by atoms with van der Waals surface area (Å²) in [4.78, 5) is 12.6. The Kier molecular flexibility index (Phi) is 10.5. The number of guanidine groups is 1. The highest BCUT2D eigenvalue weighted by atomic mass is 127. The van der Waals surface area contributed by atoms with E-state index in [1.807, 2.05) is 18.2 Å². The number of benzene rings is 1. The van der Waals surface area contributed by atoms with Gasteiger partial charge in [-0.15, -0.1) is 24.0 Å². The van der Waals surface area contributed by atoms with Crippen LogP contribution < -0.4 is 10.6 Å². The first-order valence-electron chi connectivity index (χ1n) is 8.79. The van der Waals surface area contributed by atoms with Gasteiger partial charge in [0.05, 0.1) is 11.0 Å². The summed E-state index contributed by atoms with van der Waals surface area (Å²) in [5.74, 6) is 1.91. The number of unbranched alkanes of at least 4 members (excludes halogenated alkanes) is 3. The number of aromatic nitrogens is 2. The Morgan fingerprint density at radius 3 is 2.71 bits per heavy atom. The molecule has 0 saturated carbocycles. The average molecular weight is 443 g/mol. The first-order valence-corrected chi connectivity index (χ1v) is 8.79. The normalized spacial score (nSPS) is 11.3. The van der Waals surface area contributed by atoms with Gasteiger partial charge in [0.15, 0.2) is 5.96 Å². The summed E-state index contributed by atoms with van der Waals surface area (Å²) < 4.78 is 0. The van der Waals surface area contributed by atoms with Crippen LogP contribution in [0, 0.1) is 0 Å². The van der Waals surface area contributed by atoms with E-state index in [9.17, 15) is 0 Å². The van der Waals surface area contributed by atoms with Crippen LogP contribution in [0.25, 0.3) is 11.0 Å². The van der Waals surface area contributed by atoms with E-state index in [1.165, 1.54) is 19.3 Å². The summed E-state index contributed by atoms with van der Waals surface area (Å²) in [6.07, 6.45) is 5.84. The van der Waals surface area contributed by atoms with Crippen LogP contribution in [-0.2, 0) is 6.42 Å². The van der Waals surface area contributed by atoms with E-state index in [0.29, 0.717) is 0 Å². The van der Waals surface area contributed by atoms with Gasteiger partial charge < -0.3 is 15.6 Å². The predicted molar refractivity (Wildman–Crippen MR) is 113 cm³/mol. The van der Waals surface area contributed by atoms with Crippen molar-refractivity contribution in [2.45, 2.75) is 46.0 Å². The predicted octanol–water partition coefficient (Wildman–Crippen LogP) is 3.86. The number of nitrogens with one attached hydrogen (secondary N) is 3. The fourth-order valence-corrected chi connectivity index (χ4v) is 2.49. The fourth-order valence-electron chi connectivity index (χ4n) is 2.49. The van der Waals surface area contributed by atoms with Gasteiger partial charge in [-0.25, -0.2) is 4.98 Å². The lowest BCUT2D eigenvalue weighted by molar-refractivity contribution is 0.670. The third-order valence-corrected chi connectivity index (χ3v) is 3.72. The summed E-state index contributed by atoms with van der Waals surface area (Å²) in [7, 11) is 0. The SMILES string of the molecule is CCCCCCN=C(NCC)NCCc1nc2ccccc2[nH]1.I. The molecule has 24 heavy (non-hydrogen) atoms. The summed E-state index contributed by atoms with van der Waals surface area (Å²) in [6.45, 7) is 6.91. The van der Waals surface area contributed by atoms with Gasteiger partial charge in [-0.1, -0.05) is 38.3 Å². The summed E-state index contributed by atoms with van der Waals surface area (Å²) in [6, 6.07) is 8.13. The van der Waals surface area contributed by atoms with Gasteiger partial charge in [-0.2, -0.15) is 0 Å². The van der Waals surface area contributed by atoms with Gasteiger partial charge in [0.1, 0.15) is 5.82 Å². The number of nitrogens with zero attached hydrogens (tertiary/aromatic N) is 2. The van der Waals surface area contributed by atoms with Crippen LogP contribution in [0.3, 0.4) is 0 Å². The van der Waals surface area contributed by atoms with Gasteiger partial charge >= 0.3 is 0 Å². The Labute approximate surface area is 162 Å². The Hall–Kier alpha value is -1.31. The number of aromatic amines is 1. The molecule has 0 bridgehead atoms. The highest BCUT2D eigenvalue weighted by Crippen LogP contribution is 2.10. The lowest BCUT2D eigenvalue weighted by Crippen LogP contribution is -2.38. The van der Waals surface area contributed by atoms with Crippen molar-refractivity contribution in [1.82, 2.24) is 20.6 Å². The van der Waals surface area contributed by atoms with Gasteiger partial charge in [0, 0.05) is 26.1 Å². The quantitative estimate of drug-likeness (QED) is 0.239. The van der Waals surface area contributed by atoms with E-state index in [1.54, 1.807) is 0 Å². The number of fused-ring (bicyclic) bond motifs is 1. The smallest absolute Gasteiger partial charge is 0.191 e. The molecule has 0 aliphatic rings. The first kappa shape index (κ1) is 20.7. The molecule has 1 aromatic heterocycles. The molecule has 1 heterocycles. The zero-order valence-corrected chi connectivity index (χ0v) is 17.1. The molecule has 3 N–H and O–H groups in total. The largest absolute Gasteiger partial charge is 0.357 e. The van der Waals surface area contributed by atoms with E-state index in [2.05, 4.69) is 45.5 Å². The van der Waals surface area contributed by atoms with Crippen molar-refractivity contribution in [3.8, 4) is 0 Å². The highest BCUT2D eigenvalue weighted by molar-refractivity contribution is 14.0. The number of hydrogen-bond acceptors (Lipinski definition) is 2. The minimum atomic E-state index is 0. The molecule has 0 spiro atoms. The van der Waals surface area contributed by atoms with E-state index in [4.69, 9.17) is 0 Å². The molecule has 0 unspecified atom stereocenters. The van der Waals surface area contributed by atoms with Crippen molar-refractivity contribution in [3.63, 3.8) is 0 Å². The highest BCUT2D eigenvalue weighted by Gasteiger charge is 2.02. The molecule has 134 valence electrons. The Balaban J connectivity index is 0.00000288. The van der Waals surface area contributed by atoms with E-state index < -0.39 is 0 Å². The molecule has 0 amide bonds. The second kappa shape index (κ2) is 12.1. The lowest BCUT2D eigenvalue weighted by atomic mass is 10.2. The molecular weight excluding hydrogens is 413 g/mol. The molecule has 5 nitrogen and oxygen atoms in total.